The van der Waals surface area contributed by atoms with Crippen molar-refractivity contribution in [3.8, 4) is 0 Å². The molecular formula is C20H26FN5O2. The molecule has 0 N–H and O–H groups in total. The van der Waals surface area contributed by atoms with Gasteiger partial charge in [0.1, 0.15) is 17.5 Å². The van der Waals surface area contributed by atoms with E-state index in [2.05, 4.69) is 19.7 Å². The number of halogens is 1. The highest BCUT2D eigenvalue weighted by atomic mass is 19.1. The summed E-state index contributed by atoms with van der Waals surface area (Å²) in [4.78, 5) is 16.9. The van der Waals surface area contributed by atoms with Gasteiger partial charge in [0.15, 0.2) is 0 Å². The average Bonchev–Trinajstić information content (AvgIpc) is 3.08. The summed E-state index contributed by atoms with van der Waals surface area (Å²) in [5.74, 6) is 1.48. The minimum absolute atomic E-state index is 0.125. The molecule has 28 heavy (non-hydrogen) atoms. The molecule has 8 heteroatoms. The van der Waals surface area contributed by atoms with Crippen molar-refractivity contribution in [2.24, 2.45) is 7.05 Å². The third kappa shape index (κ3) is 4.07. The molecule has 150 valence electrons. The first-order chi connectivity index (χ1) is 13.6. The molecule has 2 aliphatic rings. The summed E-state index contributed by atoms with van der Waals surface area (Å²) in [5, 5.41) is 8.84. The lowest BCUT2D eigenvalue weighted by Gasteiger charge is -2.32. The van der Waals surface area contributed by atoms with Crippen LogP contribution in [0.5, 0.6) is 0 Å². The van der Waals surface area contributed by atoms with E-state index >= 15 is 0 Å². The standard InChI is InChI=1S/C20H26FN5O2/c1-24-18(14-25-8-10-28-11-9-25)22-23-19(24)16-5-3-7-26(13-16)20(27)15-4-2-6-17(21)12-15/h2,4,6,12,16H,3,5,7-11,13-14H2,1H3/t16-/m1/s1. The molecule has 2 fully saturated rings. The van der Waals surface area contributed by atoms with Crippen molar-refractivity contribution in [3.05, 3.63) is 47.3 Å². The molecule has 0 aliphatic carbocycles. The molecule has 2 aliphatic heterocycles. The minimum atomic E-state index is -0.388. The molecule has 0 saturated carbocycles. The van der Waals surface area contributed by atoms with Crippen LogP contribution in [-0.4, -0.2) is 69.9 Å². The van der Waals surface area contributed by atoms with Crippen LogP contribution in [0.1, 0.15) is 40.8 Å². The molecule has 2 saturated heterocycles. The van der Waals surface area contributed by atoms with E-state index in [9.17, 15) is 9.18 Å². The summed E-state index contributed by atoms with van der Waals surface area (Å²) in [6.45, 7) is 5.34. The molecule has 4 rings (SSSR count). The van der Waals surface area contributed by atoms with Crippen molar-refractivity contribution in [3.63, 3.8) is 0 Å². The van der Waals surface area contributed by atoms with Crippen molar-refractivity contribution in [2.75, 3.05) is 39.4 Å². The monoisotopic (exact) mass is 387 g/mol. The fraction of sp³-hybridized carbons (Fsp3) is 0.550. The molecule has 3 heterocycles. The van der Waals surface area contributed by atoms with Gasteiger partial charge in [-0.2, -0.15) is 0 Å². The van der Waals surface area contributed by atoms with E-state index in [0.717, 1.165) is 57.3 Å². The predicted molar refractivity (Wildman–Crippen MR) is 101 cm³/mol. The van der Waals surface area contributed by atoms with E-state index in [1.54, 1.807) is 17.0 Å². The Kier molecular flexibility index (Phi) is 5.68. The van der Waals surface area contributed by atoms with Crippen molar-refractivity contribution in [1.29, 1.82) is 0 Å². The molecular weight excluding hydrogens is 361 g/mol. The van der Waals surface area contributed by atoms with E-state index in [4.69, 9.17) is 4.74 Å². The van der Waals surface area contributed by atoms with Gasteiger partial charge in [-0.25, -0.2) is 4.39 Å². The van der Waals surface area contributed by atoms with Crippen LogP contribution in [0.25, 0.3) is 0 Å². The number of amides is 1. The second-order valence-electron chi connectivity index (χ2n) is 7.52. The van der Waals surface area contributed by atoms with Crippen LogP contribution in [0.3, 0.4) is 0 Å². The van der Waals surface area contributed by atoms with Gasteiger partial charge in [0.05, 0.1) is 19.8 Å². The summed E-state index contributed by atoms with van der Waals surface area (Å²) in [6, 6.07) is 5.89. The molecule has 1 atom stereocenters. The van der Waals surface area contributed by atoms with Crippen molar-refractivity contribution < 1.29 is 13.9 Å². The molecule has 1 aromatic heterocycles. The lowest BCUT2D eigenvalue weighted by Crippen LogP contribution is -2.40. The van der Waals surface area contributed by atoms with E-state index in [0.29, 0.717) is 18.7 Å². The first kappa shape index (κ1) is 19.0. The van der Waals surface area contributed by atoms with Gasteiger partial charge in [-0.15, -0.1) is 10.2 Å². The number of aromatic nitrogens is 3. The zero-order valence-electron chi connectivity index (χ0n) is 16.2. The van der Waals surface area contributed by atoms with Gasteiger partial charge in [0, 0.05) is 44.7 Å². The zero-order valence-corrected chi connectivity index (χ0v) is 16.2. The van der Waals surface area contributed by atoms with Crippen LogP contribution in [0, 0.1) is 5.82 Å². The van der Waals surface area contributed by atoms with Gasteiger partial charge in [-0.3, -0.25) is 9.69 Å². The molecule has 7 nitrogen and oxygen atoms in total. The smallest absolute Gasteiger partial charge is 0.253 e. The molecule has 0 radical (unpaired) electrons. The number of ether oxygens (including phenoxy) is 1. The zero-order chi connectivity index (χ0) is 19.5. The van der Waals surface area contributed by atoms with Gasteiger partial charge in [0.2, 0.25) is 0 Å². The summed E-state index contributed by atoms with van der Waals surface area (Å²) in [7, 11) is 2.00. The number of carbonyl (C=O) groups excluding carboxylic acids is 1. The van der Waals surface area contributed by atoms with Gasteiger partial charge in [-0.1, -0.05) is 6.07 Å². The fourth-order valence-electron chi connectivity index (χ4n) is 4.00. The van der Waals surface area contributed by atoms with Gasteiger partial charge in [-0.05, 0) is 31.0 Å². The maximum atomic E-state index is 13.5. The highest BCUT2D eigenvalue weighted by Gasteiger charge is 2.29. The number of benzene rings is 1. The highest BCUT2D eigenvalue weighted by Crippen LogP contribution is 2.27. The number of piperidine rings is 1. The Bertz CT molecular complexity index is 834. The SMILES string of the molecule is Cn1c(CN2CCOCC2)nnc1[C@@H]1CCCN(C(=O)c2cccc(F)c2)C1. The summed E-state index contributed by atoms with van der Waals surface area (Å²) in [5.41, 5.74) is 0.395. The van der Waals surface area contributed by atoms with Crippen LogP contribution in [0.15, 0.2) is 24.3 Å². The lowest BCUT2D eigenvalue weighted by molar-refractivity contribution is 0.0326. The quantitative estimate of drug-likeness (QED) is 0.801. The Hall–Kier alpha value is -2.32. The third-order valence-electron chi connectivity index (χ3n) is 5.61. The van der Waals surface area contributed by atoms with Gasteiger partial charge >= 0.3 is 0 Å². The molecule has 0 unspecified atom stereocenters. The normalized spacial score (nSPS) is 21.1. The Morgan fingerprint density at radius 1 is 1.25 bits per heavy atom. The van der Waals surface area contributed by atoms with E-state index < -0.39 is 0 Å². The topological polar surface area (TPSA) is 63.5 Å². The van der Waals surface area contributed by atoms with E-state index in [1.165, 1.54) is 12.1 Å². The molecule has 1 aromatic carbocycles. The van der Waals surface area contributed by atoms with Crippen LogP contribution >= 0.6 is 0 Å². The Morgan fingerprint density at radius 3 is 2.86 bits per heavy atom. The lowest BCUT2D eigenvalue weighted by atomic mass is 9.96. The Labute approximate surface area is 164 Å². The maximum absolute atomic E-state index is 13.5. The largest absolute Gasteiger partial charge is 0.379 e. The van der Waals surface area contributed by atoms with Crippen LogP contribution in [0.4, 0.5) is 4.39 Å². The first-order valence-electron chi connectivity index (χ1n) is 9.85. The van der Waals surface area contributed by atoms with E-state index in [-0.39, 0.29) is 17.6 Å². The molecule has 0 bridgehead atoms. The second-order valence-corrected chi connectivity index (χ2v) is 7.52. The number of hydrogen-bond donors (Lipinski definition) is 0. The summed E-state index contributed by atoms with van der Waals surface area (Å²) >= 11 is 0. The van der Waals surface area contributed by atoms with Crippen LogP contribution in [-0.2, 0) is 18.3 Å². The molecule has 2 aromatic rings. The number of morpholine rings is 1. The Morgan fingerprint density at radius 2 is 2.07 bits per heavy atom. The van der Waals surface area contributed by atoms with E-state index in [1.807, 2.05) is 7.05 Å². The average molecular weight is 387 g/mol. The highest BCUT2D eigenvalue weighted by molar-refractivity contribution is 5.94. The number of nitrogens with zero attached hydrogens (tertiary/aromatic N) is 5. The van der Waals surface area contributed by atoms with Crippen molar-refractivity contribution in [2.45, 2.75) is 25.3 Å². The maximum Gasteiger partial charge on any atom is 0.253 e. The van der Waals surface area contributed by atoms with Crippen molar-refractivity contribution in [1.82, 2.24) is 24.6 Å². The Balaban J connectivity index is 1.45. The van der Waals surface area contributed by atoms with Gasteiger partial charge in [0.25, 0.3) is 5.91 Å². The van der Waals surface area contributed by atoms with Gasteiger partial charge < -0.3 is 14.2 Å². The number of carbonyl (C=O) groups is 1. The summed E-state index contributed by atoms with van der Waals surface area (Å²) < 4.78 is 20.9. The van der Waals surface area contributed by atoms with Crippen LogP contribution in [0.2, 0.25) is 0 Å². The molecule has 0 spiro atoms. The second kappa shape index (κ2) is 8.36. The predicted octanol–water partition coefficient (Wildman–Crippen LogP) is 1.81. The third-order valence-corrected chi connectivity index (χ3v) is 5.61. The fourth-order valence-corrected chi connectivity index (χ4v) is 4.00. The minimum Gasteiger partial charge on any atom is -0.379 e. The number of rotatable bonds is 4. The first-order valence-corrected chi connectivity index (χ1v) is 9.85. The van der Waals surface area contributed by atoms with Crippen LogP contribution < -0.4 is 0 Å². The number of hydrogen-bond acceptors (Lipinski definition) is 5. The summed E-state index contributed by atoms with van der Waals surface area (Å²) in [6.07, 6.45) is 1.87. The number of likely N-dealkylation sites (tertiary alicyclic amines) is 1. The van der Waals surface area contributed by atoms with Crippen molar-refractivity contribution >= 4 is 5.91 Å². The molecule has 1 amide bonds.